The van der Waals surface area contributed by atoms with Crippen molar-refractivity contribution < 1.29 is 4.92 Å². The van der Waals surface area contributed by atoms with Crippen molar-refractivity contribution in [3.8, 4) is 0 Å². The van der Waals surface area contributed by atoms with E-state index in [1.165, 1.54) is 24.7 Å². The molecule has 0 spiro atoms. The summed E-state index contributed by atoms with van der Waals surface area (Å²) in [5.74, 6) is 0.727. The summed E-state index contributed by atoms with van der Waals surface area (Å²) in [6.45, 7) is 2.64. The Kier molecular flexibility index (Phi) is 6.60. The molecule has 1 N–H and O–H groups in total. The fourth-order valence-electron chi connectivity index (χ4n) is 3.95. The SMILES string of the molecule is CN1CCC(N(C)c2ncnc(NCCC3=CCCCC3)c2[N+](=O)[O-])CC1. The zero-order valence-electron chi connectivity index (χ0n) is 16.4. The number of allylic oxidation sites excluding steroid dienone is 1. The highest BCUT2D eigenvalue weighted by Crippen LogP contribution is 2.33. The third-order valence-corrected chi connectivity index (χ3v) is 5.68. The first-order chi connectivity index (χ1) is 13.1. The van der Waals surface area contributed by atoms with E-state index < -0.39 is 0 Å². The molecule has 1 fully saturated rings. The minimum atomic E-state index is -0.358. The van der Waals surface area contributed by atoms with Gasteiger partial charge in [0, 0.05) is 19.6 Å². The molecule has 0 atom stereocenters. The van der Waals surface area contributed by atoms with Crippen molar-refractivity contribution >= 4 is 17.3 Å². The maximum Gasteiger partial charge on any atom is 0.353 e. The Balaban J connectivity index is 1.71. The Bertz CT molecular complexity index is 685. The standard InChI is InChI=1S/C19H30N6O2/c1-23-12-9-16(10-13-23)24(2)19-17(25(26)27)18(21-14-22-19)20-11-8-15-6-4-3-5-7-15/h6,14,16H,3-5,7-13H2,1-2H3,(H,20,21,22). The smallest absolute Gasteiger partial charge is 0.353 e. The van der Waals surface area contributed by atoms with Crippen LogP contribution in [0.3, 0.4) is 0 Å². The van der Waals surface area contributed by atoms with Crippen LogP contribution in [0, 0.1) is 10.1 Å². The van der Waals surface area contributed by atoms with Gasteiger partial charge in [-0.05, 0) is 65.1 Å². The first kappa shape index (κ1) is 19.5. The molecule has 0 amide bonds. The highest BCUT2D eigenvalue weighted by Gasteiger charge is 2.30. The Hall–Kier alpha value is -2.22. The predicted octanol–water partition coefficient (Wildman–Crippen LogP) is 3.22. The fraction of sp³-hybridized carbons (Fsp3) is 0.684. The van der Waals surface area contributed by atoms with E-state index in [1.54, 1.807) is 0 Å². The Morgan fingerprint density at radius 1 is 1.33 bits per heavy atom. The van der Waals surface area contributed by atoms with Crippen LogP contribution in [0.15, 0.2) is 18.0 Å². The number of nitro groups is 1. The van der Waals surface area contributed by atoms with Crippen molar-refractivity contribution in [1.82, 2.24) is 14.9 Å². The average Bonchev–Trinajstić information content (AvgIpc) is 2.68. The summed E-state index contributed by atoms with van der Waals surface area (Å²) in [5.41, 5.74) is 1.42. The zero-order valence-corrected chi connectivity index (χ0v) is 16.4. The van der Waals surface area contributed by atoms with Gasteiger partial charge in [0.2, 0.25) is 11.6 Å². The summed E-state index contributed by atoms with van der Waals surface area (Å²) in [4.78, 5) is 24.1. The molecule has 2 heterocycles. The van der Waals surface area contributed by atoms with Crippen LogP contribution in [0.2, 0.25) is 0 Å². The fourth-order valence-corrected chi connectivity index (χ4v) is 3.95. The molecule has 1 saturated heterocycles. The quantitative estimate of drug-likeness (QED) is 0.445. The first-order valence-corrected chi connectivity index (χ1v) is 9.89. The van der Waals surface area contributed by atoms with Crippen LogP contribution in [-0.4, -0.2) is 59.6 Å². The zero-order chi connectivity index (χ0) is 19.2. The average molecular weight is 374 g/mol. The lowest BCUT2D eigenvalue weighted by atomic mass is 9.97. The van der Waals surface area contributed by atoms with Gasteiger partial charge in [0.15, 0.2) is 0 Å². The highest BCUT2D eigenvalue weighted by molar-refractivity contribution is 5.70. The first-order valence-electron chi connectivity index (χ1n) is 9.89. The number of nitrogens with zero attached hydrogens (tertiary/aromatic N) is 5. The molecule has 27 heavy (non-hydrogen) atoms. The monoisotopic (exact) mass is 374 g/mol. The molecule has 8 nitrogen and oxygen atoms in total. The largest absolute Gasteiger partial charge is 0.364 e. The lowest BCUT2D eigenvalue weighted by molar-refractivity contribution is -0.383. The van der Waals surface area contributed by atoms with Crippen molar-refractivity contribution in [3.05, 3.63) is 28.1 Å². The molecule has 2 aliphatic rings. The highest BCUT2D eigenvalue weighted by atomic mass is 16.6. The molecule has 1 aromatic rings. The second-order valence-corrected chi connectivity index (χ2v) is 7.58. The predicted molar refractivity (Wildman–Crippen MR) is 107 cm³/mol. The van der Waals surface area contributed by atoms with Gasteiger partial charge in [-0.3, -0.25) is 10.1 Å². The number of piperidine rings is 1. The lowest BCUT2D eigenvalue weighted by Crippen LogP contribution is -2.42. The second kappa shape index (κ2) is 9.12. The van der Waals surface area contributed by atoms with E-state index in [1.807, 2.05) is 11.9 Å². The maximum absolute atomic E-state index is 11.8. The van der Waals surface area contributed by atoms with Gasteiger partial charge < -0.3 is 15.1 Å². The van der Waals surface area contributed by atoms with E-state index in [9.17, 15) is 10.1 Å². The van der Waals surface area contributed by atoms with Crippen LogP contribution in [0.4, 0.5) is 17.3 Å². The molecular formula is C19H30N6O2. The Labute approximate surface area is 160 Å². The van der Waals surface area contributed by atoms with Gasteiger partial charge in [0.1, 0.15) is 6.33 Å². The minimum absolute atomic E-state index is 0.0171. The van der Waals surface area contributed by atoms with Crippen LogP contribution in [0.1, 0.15) is 44.9 Å². The van der Waals surface area contributed by atoms with Gasteiger partial charge >= 0.3 is 5.69 Å². The summed E-state index contributed by atoms with van der Waals surface area (Å²) in [6, 6.07) is 0.259. The molecule has 1 aliphatic carbocycles. The van der Waals surface area contributed by atoms with E-state index in [0.29, 0.717) is 18.2 Å². The number of hydrogen-bond acceptors (Lipinski definition) is 7. The topological polar surface area (TPSA) is 87.4 Å². The third-order valence-electron chi connectivity index (χ3n) is 5.68. The van der Waals surface area contributed by atoms with Crippen molar-refractivity contribution in [3.63, 3.8) is 0 Å². The molecule has 0 saturated carbocycles. The molecule has 1 aliphatic heterocycles. The van der Waals surface area contributed by atoms with E-state index in [2.05, 4.69) is 33.3 Å². The number of rotatable bonds is 7. The van der Waals surface area contributed by atoms with Gasteiger partial charge in [0.05, 0.1) is 4.92 Å². The lowest BCUT2D eigenvalue weighted by Gasteiger charge is -2.35. The third kappa shape index (κ3) is 4.94. The van der Waals surface area contributed by atoms with Crippen LogP contribution in [0.5, 0.6) is 0 Å². The number of hydrogen-bond donors (Lipinski definition) is 1. The van der Waals surface area contributed by atoms with Crippen LogP contribution >= 0.6 is 0 Å². The molecule has 8 heteroatoms. The van der Waals surface area contributed by atoms with E-state index >= 15 is 0 Å². The summed E-state index contributed by atoms with van der Waals surface area (Å²) >= 11 is 0. The maximum atomic E-state index is 11.8. The minimum Gasteiger partial charge on any atom is -0.364 e. The van der Waals surface area contributed by atoms with E-state index in [-0.39, 0.29) is 16.7 Å². The summed E-state index contributed by atoms with van der Waals surface area (Å²) in [7, 11) is 4.01. The Morgan fingerprint density at radius 2 is 2.11 bits per heavy atom. The van der Waals surface area contributed by atoms with E-state index in [4.69, 9.17) is 0 Å². The molecular weight excluding hydrogens is 344 g/mol. The molecule has 0 aromatic carbocycles. The van der Waals surface area contributed by atoms with Gasteiger partial charge in [-0.15, -0.1) is 0 Å². The van der Waals surface area contributed by atoms with Crippen molar-refractivity contribution in [2.24, 2.45) is 0 Å². The molecule has 1 aromatic heterocycles. The number of aromatic nitrogens is 2. The second-order valence-electron chi connectivity index (χ2n) is 7.58. The number of likely N-dealkylation sites (tertiary alicyclic amines) is 1. The van der Waals surface area contributed by atoms with Crippen molar-refractivity contribution in [2.45, 2.75) is 51.0 Å². The van der Waals surface area contributed by atoms with Gasteiger partial charge in [-0.2, -0.15) is 0 Å². The van der Waals surface area contributed by atoms with Crippen molar-refractivity contribution in [2.75, 3.05) is 43.9 Å². The number of nitrogens with one attached hydrogen (secondary N) is 1. The van der Waals surface area contributed by atoms with Crippen LogP contribution in [-0.2, 0) is 0 Å². The summed E-state index contributed by atoms with van der Waals surface area (Å²) < 4.78 is 0. The van der Waals surface area contributed by atoms with Gasteiger partial charge in [0.25, 0.3) is 0 Å². The normalized spacial score (nSPS) is 18.8. The summed E-state index contributed by atoms with van der Waals surface area (Å²) in [6.07, 6.45) is 11.4. The van der Waals surface area contributed by atoms with Crippen LogP contribution in [0.25, 0.3) is 0 Å². The summed E-state index contributed by atoms with van der Waals surface area (Å²) in [5, 5.41) is 15.0. The van der Waals surface area contributed by atoms with E-state index in [0.717, 1.165) is 45.2 Å². The van der Waals surface area contributed by atoms with Crippen LogP contribution < -0.4 is 10.2 Å². The van der Waals surface area contributed by atoms with Gasteiger partial charge in [-0.25, -0.2) is 9.97 Å². The van der Waals surface area contributed by atoms with Crippen molar-refractivity contribution in [1.29, 1.82) is 0 Å². The molecule has 0 unspecified atom stereocenters. The molecule has 0 radical (unpaired) electrons. The van der Waals surface area contributed by atoms with Gasteiger partial charge in [-0.1, -0.05) is 11.6 Å². The molecule has 148 valence electrons. The molecule has 3 rings (SSSR count). The Morgan fingerprint density at radius 3 is 2.78 bits per heavy atom. The number of anilines is 2. The molecule has 0 bridgehead atoms.